The molecule has 1 heterocycles. The summed E-state index contributed by atoms with van der Waals surface area (Å²) in [5.41, 5.74) is 0. The average molecular weight is 248 g/mol. The van der Waals surface area contributed by atoms with E-state index in [0.29, 0.717) is 9.90 Å². The number of hydrogen-bond acceptors (Lipinski definition) is 4. The van der Waals surface area contributed by atoms with Crippen molar-refractivity contribution in [2.75, 3.05) is 6.26 Å². The zero-order chi connectivity index (χ0) is 10.8. The molecule has 0 bridgehead atoms. The summed E-state index contributed by atoms with van der Waals surface area (Å²) in [5, 5.41) is 10.8. The van der Waals surface area contributed by atoms with Gasteiger partial charge in [0.2, 0.25) is 0 Å². The fourth-order valence-corrected chi connectivity index (χ4v) is 2.37. The molecule has 3 nitrogen and oxygen atoms in total. The van der Waals surface area contributed by atoms with Gasteiger partial charge in [-0.15, -0.1) is 11.3 Å². The summed E-state index contributed by atoms with van der Waals surface area (Å²) < 4.78 is 22.1. The van der Waals surface area contributed by atoms with Crippen LogP contribution >= 0.6 is 22.9 Å². The van der Waals surface area contributed by atoms with E-state index in [9.17, 15) is 8.42 Å². The molecule has 0 N–H and O–H groups in total. The Morgan fingerprint density at radius 1 is 1.71 bits per heavy atom. The Kier molecular flexibility index (Phi) is 3.32. The van der Waals surface area contributed by atoms with E-state index in [0.717, 1.165) is 6.26 Å². The molecule has 0 unspecified atom stereocenters. The predicted molar refractivity (Wildman–Crippen MR) is 57.8 cm³/mol. The largest absolute Gasteiger partial charge is 0.223 e. The highest BCUT2D eigenvalue weighted by Crippen LogP contribution is 2.25. The first kappa shape index (κ1) is 11.2. The van der Waals surface area contributed by atoms with Crippen LogP contribution in [0.25, 0.3) is 6.08 Å². The molecule has 0 saturated carbocycles. The number of allylic oxidation sites excluding steroid dienone is 1. The van der Waals surface area contributed by atoms with Gasteiger partial charge in [0.05, 0.1) is 5.02 Å². The van der Waals surface area contributed by atoms with Crippen molar-refractivity contribution in [3.63, 3.8) is 0 Å². The van der Waals surface area contributed by atoms with Crippen LogP contribution in [-0.4, -0.2) is 14.7 Å². The summed E-state index contributed by atoms with van der Waals surface area (Å²) in [5.74, 6) is 0. The van der Waals surface area contributed by atoms with Crippen molar-refractivity contribution in [3.8, 4) is 6.07 Å². The molecule has 0 aromatic carbocycles. The van der Waals surface area contributed by atoms with Crippen LogP contribution in [0, 0.1) is 11.3 Å². The van der Waals surface area contributed by atoms with E-state index in [4.69, 9.17) is 16.9 Å². The molecular formula is C8H6ClNO2S2. The maximum atomic E-state index is 11.1. The normalized spacial score (nSPS) is 12.5. The van der Waals surface area contributed by atoms with Crippen LogP contribution in [0.5, 0.6) is 0 Å². The van der Waals surface area contributed by atoms with Gasteiger partial charge in [-0.25, -0.2) is 8.42 Å². The second-order valence-electron chi connectivity index (χ2n) is 2.53. The van der Waals surface area contributed by atoms with Gasteiger partial charge < -0.3 is 0 Å². The summed E-state index contributed by atoms with van der Waals surface area (Å²) in [4.78, 5) is 0.301. The van der Waals surface area contributed by atoms with Crippen LogP contribution in [0.2, 0.25) is 5.02 Å². The van der Waals surface area contributed by atoms with E-state index >= 15 is 0 Å². The van der Waals surface area contributed by atoms with Gasteiger partial charge in [0.25, 0.3) is 0 Å². The molecule has 0 saturated heterocycles. The van der Waals surface area contributed by atoms with Gasteiger partial charge in [-0.2, -0.15) is 5.26 Å². The molecule has 0 aliphatic carbocycles. The van der Waals surface area contributed by atoms with Gasteiger partial charge >= 0.3 is 0 Å². The topological polar surface area (TPSA) is 57.9 Å². The third kappa shape index (κ3) is 2.58. The van der Waals surface area contributed by atoms with Crippen LogP contribution in [0.3, 0.4) is 0 Å². The van der Waals surface area contributed by atoms with Crippen molar-refractivity contribution < 1.29 is 8.42 Å². The molecule has 0 atom stereocenters. The highest BCUT2D eigenvalue weighted by Gasteiger charge is 2.11. The van der Waals surface area contributed by atoms with Crippen LogP contribution in [0.4, 0.5) is 0 Å². The summed E-state index contributed by atoms with van der Waals surface area (Å²) in [7, 11) is -3.46. The average Bonchev–Trinajstić information content (AvgIpc) is 2.45. The van der Waals surface area contributed by atoms with Crippen molar-refractivity contribution in [2.45, 2.75) is 0 Å². The van der Waals surface area contributed by atoms with E-state index in [1.54, 1.807) is 17.5 Å². The van der Waals surface area contributed by atoms with Crippen molar-refractivity contribution in [3.05, 3.63) is 26.3 Å². The third-order valence-electron chi connectivity index (χ3n) is 1.42. The number of rotatable bonds is 2. The molecule has 0 aliphatic heterocycles. The van der Waals surface area contributed by atoms with Crippen LogP contribution in [0.1, 0.15) is 4.88 Å². The van der Waals surface area contributed by atoms with Gasteiger partial charge in [0.15, 0.2) is 9.84 Å². The van der Waals surface area contributed by atoms with E-state index in [-0.39, 0.29) is 4.91 Å². The highest BCUT2D eigenvalue weighted by molar-refractivity contribution is 7.95. The molecule has 0 aliphatic rings. The second kappa shape index (κ2) is 4.13. The Bertz CT molecular complexity index is 508. The minimum atomic E-state index is -3.46. The number of nitriles is 1. The van der Waals surface area contributed by atoms with Crippen molar-refractivity contribution >= 4 is 38.9 Å². The van der Waals surface area contributed by atoms with E-state index in [1.165, 1.54) is 17.4 Å². The molecule has 0 fully saturated rings. The molecule has 0 amide bonds. The lowest BCUT2D eigenvalue weighted by molar-refractivity contribution is 0.609. The summed E-state index contributed by atoms with van der Waals surface area (Å²) >= 11 is 7.04. The standard InChI is InChI=1S/C8H6ClNO2S2/c1-14(11,12)6(5-10)4-8-7(9)2-3-13-8/h2-4H,1H3. The van der Waals surface area contributed by atoms with Crippen molar-refractivity contribution in [2.24, 2.45) is 0 Å². The number of nitrogens with zero attached hydrogens (tertiary/aromatic N) is 1. The second-order valence-corrected chi connectivity index (χ2v) is 5.86. The molecule has 1 aromatic heterocycles. The number of sulfone groups is 1. The van der Waals surface area contributed by atoms with Crippen LogP contribution in [-0.2, 0) is 9.84 Å². The Hall–Kier alpha value is -0.830. The number of hydrogen-bond donors (Lipinski definition) is 0. The highest BCUT2D eigenvalue weighted by atomic mass is 35.5. The lowest BCUT2D eigenvalue weighted by Gasteiger charge is -1.93. The molecule has 74 valence electrons. The van der Waals surface area contributed by atoms with Crippen molar-refractivity contribution in [1.29, 1.82) is 5.26 Å². The smallest absolute Gasteiger partial charge is 0.185 e. The van der Waals surface area contributed by atoms with Crippen LogP contribution < -0.4 is 0 Å². The van der Waals surface area contributed by atoms with Gasteiger partial charge in [-0.1, -0.05) is 11.6 Å². The summed E-state index contributed by atoms with van der Waals surface area (Å²) in [6.07, 6.45) is 2.27. The zero-order valence-electron chi connectivity index (χ0n) is 7.19. The van der Waals surface area contributed by atoms with E-state index in [1.807, 2.05) is 0 Å². The van der Waals surface area contributed by atoms with E-state index < -0.39 is 9.84 Å². The molecule has 6 heteroatoms. The first-order valence-electron chi connectivity index (χ1n) is 3.50. The Balaban J connectivity index is 3.23. The van der Waals surface area contributed by atoms with Gasteiger partial charge in [0, 0.05) is 11.1 Å². The number of halogens is 1. The molecule has 0 radical (unpaired) electrons. The van der Waals surface area contributed by atoms with Gasteiger partial charge in [-0.05, 0) is 17.5 Å². The molecule has 1 aromatic rings. The maximum absolute atomic E-state index is 11.1. The molecule has 0 spiro atoms. The fourth-order valence-electron chi connectivity index (χ4n) is 0.750. The Labute approximate surface area is 91.2 Å². The fraction of sp³-hybridized carbons (Fsp3) is 0.125. The first-order valence-corrected chi connectivity index (χ1v) is 6.65. The monoisotopic (exact) mass is 247 g/mol. The van der Waals surface area contributed by atoms with E-state index in [2.05, 4.69) is 0 Å². The summed E-state index contributed by atoms with van der Waals surface area (Å²) in [6.45, 7) is 0. The summed E-state index contributed by atoms with van der Waals surface area (Å²) in [6, 6.07) is 3.28. The zero-order valence-corrected chi connectivity index (χ0v) is 9.58. The maximum Gasteiger partial charge on any atom is 0.185 e. The minimum Gasteiger partial charge on any atom is -0.223 e. The lowest BCUT2D eigenvalue weighted by Crippen LogP contribution is -1.97. The minimum absolute atomic E-state index is 0.276. The molecule has 14 heavy (non-hydrogen) atoms. The first-order chi connectivity index (χ1) is 6.45. The molecular weight excluding hydrogens is 242 g/mol. The quantitative estimate of drug-likeness (QED) is 0.754. The van der Waals surface area contributed by atoms with Gasteiger partial charge in [0.1, 0.15) is 11.0 Å². The van der Waals surface area contributed by atoms with Gasteiger partial charge in [-0.3, -0.25) is 0 Å². The predicted octanol–water partition coefficient (Wildman–Crippen LogP) is 2.31. The number of thiophene rings is 1. The van der Waals surface area contributed by atoms with Crippen molar-refractivity contribution in [1.82, 2.24) is 0 Å². The Morgan fingerprint density at radius 3 is 2.71 bits per heavy atom. The third-order valence-corrected chi connectivity index (χ3v) is 3.73. The Morgan fingerprint density at radius 2 is 2.36 bits per heavy atom. The lowest BCUT2D eigenvalue weighted by atomic mass is 10.4. The van der Waals surface area contributed by atoms with Crippen LogP contribution in [0.15, 0.2) is 16.4 Å². The molecule has 1 rings (SSSR count). The SMILES string of the molecule is CS(=O)(=O)C(C#N)=Cc1sccc1Cl.